The van der Waals surface area contributed by atoms with Gasteiger partial charge in [-0.15, -0.1) is 0 Å². The predicted octanol–water partition coefficient (Wildman–Crippen LogP) is 0.866. The van der Waals surface area contributed by atoms with E-state index >= 15 is 0 Å². The van der Waals surface area contributed by atoms with Crippen LogP contribution in [0.3, 0.4) is 0 Å². The summed E-state index contributed by atoms with van der Waals surface area (Å²) >= 11 is 0. The maximum absolute atomic E-state index is 12.1. The molecule has 1 aromatic rings. The van der Waals surface area contributed by atoms with Crippen LogP contribution in [0.2, 0.25) is 0 Å². The number of anilines is 1. The molecule has 0 saturated carbocycles. The summed E-state index contributed by atoms with van der Waals surface area (Å²) in [7, 11) is 0. The molecule has 1 fully saturated rings. The number of primary amides is 1. The minimum atomic E-state index is -0.552. The van der Waals surface area contributed by atoms with Gasteiger partial charge in [-0.05, 0) is 30.2 Å². The summed E-state index contributed by atoms with van der Waals surface area (Å²) < 4.78 is 0. The number of amides is 4. The number of nitrogens with one attached hydrogen (secondary N) is 1. The number of benzene rings is 1. The van der Waals surface area contributed by atoms with Gasteiger partial charge in [-0.1, -0.05) is 13.8 Å². The summed E-state index contributed by atoms with van der Waals surface area (Å²) in [5.41, 5.74) is 5.89. The lowest BCUT2D eigenvalue weighted by Crippen LogP contribution is -2.34. The summed E-state index contributed by atoms with van der Waals surface area (Å²) in [6.45, 7) is 3.73. The van der Waals surface area contributed by atoms with Crippen molar-refractivity contribution in [2.24, 2.45) is 11.7 Å². The highest BCUT2D eigenvalue weighted by Crippen LogP contribution is 2.22. The average molecular weight is 261 g/mol. The van der Waals surface area contributed by atoms with Crippen molar-refractivity contribution >= 4 is 23.5 Å². The number of nitrogens with zero attached hydrogens (tertiary/aromatic N) is 1. The Morgan fingerprint density at radius 3 is 2.26 bits per heavy atom. The van der Waals surface area contributed by atoms with Crippen LogP contribution < -0.4 is 16.0 Å². The predicted molar refractivity (Wildman–Crippen MR) is 69.6 cm³/mol. The second-order valence-corrected chi connectivity index (χ2v) is 4.76. The number of urea groups is 1. The molecule has 1 aromatic carbocycles. The average Bonchev–Trinajstić information content (AvgIpc) is 2.65. The quantitative estimate of drug-likeness (QED) is 0.790. The van der Waals surface area contributed by atoms with Crippen LogP contribution in [0.15, 0.2) is 24.3 Å². The first kappa shape index (κ1) is 13.1. The molecule has 1 unspecified atom stereocenters. The van der Waals surface area contributed by atoms with Crippen molar-refractivity contribution in [1.29, 1.82) is 0 Å². The number of hydrogen-bond donors (Lipinski definition) is 2. The topological polar surface area (TPSA) is 92.5 Å². The van der Waals surface area contributed by atoms with Crippen molar-refractivity contribution in [2.45, 2.75) is 19.9 Å². The third kappa shape index (κ3) is 2.29. The zero-order chi connectivity index (χ0) is 14.2. The molecule has 1 aliphatic rings. The van der Waals surface area contributed by atoms with Gasteiger partial charge in [0.15, 0.2) is 0 Å². The van der Waals surface area contributed by atoms with Crippen LogP contribution in [-0.2, 0) is 4.79 Å². The molecule has 4 amide bonds. The molecular formula is C13H15N3O3. The Hall–Kier alpha value is -2.37. The van der Waals surface area contributed by atoms with E-state index in [1.807, 2.05) is 13.8 Å². The molecule has 6 nitrogen and oxygen atoms in total. The summed E-state index contributed by atoms with van der Waals surface area (Å²) in [4.78, 5) is 36.0. The van der Waals surface area contributed by atoms with Gasteiger partial charge >= 0.3 is 6.03 Å². The normalized spacial score (nSPS) is 18.9. The first-order valence-corrected chi connectivity index (χ1v) is 5.96. The molecule has 3 N–H and O–H groups in total. The van der Waals surface area contributed by atoms with Crippen LogP contribution in [0, 0.1) is 5.92 Å². The third-order valence-electron chi connectivity index (χ3n) is 3.05. The maximum atomic E-state index is 12.1. The van der Waals surface area contributed by atoms with Crippen LogP contribution in [-0.4, -0.2) is 23.9 Å². The van der Waals surface area contributed by atoms with E-state index in [4.69, 9.17) is 5.73 Å². The Morgan fingerprint density at radius 2 is 1.84 bits per heavy atom. The van der Waals surface area contributed by atoms with E-state index in [0.29, 0.717) is 11.3 Å². The van der Waals surface area contributed by atoms with Gasteiger partial charge in [0.2, 0.25) is 5.91 Å². The van der Waals surface area contributed by atoms with Crippen molar-refractivity contribution in [2.75, 3.05) is 4.90 Å². The Labute approximate surface area is 110 Å². The first-order valence-electron chi connectivity index (χ1n) is 5.96. The van der Waals surface area contributed by atoms with Crippen molar-refractivity contribution < 1.29 is 14.4 Å². The van der Waals surface area contributed by atoms with Gasteiger partial charge in [0.05, 0.1) is 5.69 Å². The van der Waals surface area contributed by atoms with Gasteiger partial charge in [0, 0.05) is 5.56 Å². The minimum Gasteiger partial charge on any atom is -0.366 e. The monoisotopic (exact) mass is 261 g/mol. The highest BCUT2D eigenvalue weighted by atomic mass is 16.2. The van der Waals surface area contributed by atoms with E-state index in [2.05, 4.69) is 5.32 Å². The van der Waals surface area contributed by atoms with Crippen molar-refractivity contribution in [3.8, 4) is 0 Å². The van der Waals surface area contributed by atoms with Crippen LogP contribution in [0.1, 0.15) is 24.2 Å². The summed E-state index contributed by atoms with van der Waals surface area (Å²) in [5, 5.41) is 2.63. The summed E-state index contributed by atoms with van der Waals surface area (Å²) in [5.74, 6) is -0.818. The molecule has 19 heavy (non-hydrogen) atoms. The molecule has 0 radical (unpaired) electrons. The van der Waals surface area contributed by atoms with Gasteiger partial charge in [0.1, 0.15) is 6.04 Å². The fraction of sp³-hybridized carbons (Fsp3) is 0.308. The third-order valence-corrected chi connectivity index (χ3v) is 3.05. The fourth-order valence-electron chi connectivity index (χ4n) is 1.97. The number of hydrogen-bond acceptors (Lipinski definition) is 3. The molecule has 1 aliphatic heterocycles. The number of nitrogens with two attached hydrogens (primary N) is 1. The summed E-state index contributed by atoms with van der Waals surface area (Å²) in [6, 6.07) is 5.07. The number of carbonyl (C=O) groups is 3. The number of carbonyl (C=O) groups excluding carboxylic acids is 3. The Bertz CT molecular complexity index is 537. The first-order chi connectivity index (χ1) is 8.91. The van der Waals surface area contributed by atoms with Crippen molar-refractivity contribution in [3.05, 3.63) is 29.8 Å². The largest absolute Gasteiger partial charge is 0.366 e. The van der Waals surface area contributed by atoms with E-state index in [-0.39, 0.29) is 11.8 Å². The van der Waals surface area contributed by atoms with Gasteiger partial charge in [-0.25, -0.2) is 9.69 Å². The van der Waals surface area contributed by atoms with E-state index in [9.17, 15) is 14.4 Å². The molecule has 1 atom stereocenters. The molecule has 0 aromatic heterocycles. The van der Waals surface area contributed by atoms with Crippen LogP contribution in [0.25, 0.3) is 0 Å². The molecule has 0 spiro atoms. The minimum absolute atomic E-state index is 0.0198. The van der Waals surface area contributed by atoms with Gasteiger partial charge < -0.3 is 11.1 Å². The molecule has 100 valence electrons. The van der Waals surface area contributed by atoms with Gasteiger partial charge in [-0.2, -0.15) is 0 Å². The smallest absolute Gasteiger partial charge is 0.329 e. The molecule has 2 rings (SSSR count). The van der Waals surface area contributed by atoms with Crippen molar-refractivity contribution in [3.63, 3.8) is 0 Å². The highest BCUT2D eigenvalue weighted by molar-refractivity contribution is 6.21. The Balaban J connectivity index is 2.29. The lowest BCUT2D eigenvalue weighted by atomic mass is 10.0. The molecule has 1 saturated heterocycles. The van der Waals surface area contributed by atoms with E-state index in [1.54, 1.807) is 0 Å². The lowest BCUT2D eigenvalue weighted by molar-refractivity contribution is -0.119. The van der Waals surface area contributed by atoms with Crippen LogP contribution in [0.5, 0.6) is 0 Å². The molecule has 0 bridgehead atoms. The van der Waals surface area contributed by atoms with Crippen LogP contribution >= 0.6 is 0 Å². The fourth-order valence-corrected chi connectivity index (χ4v) is 1.97. The zero-order valence-corrected chi connectivity index (χ0v) is 10.7. The maximum Gasteiger partial charge on any atom is 0.329 e. The van der Waals surface area contributed by atoms with E-state index in [0.717, 1.165) is 4.90 Å². The molecule has 0 aliphatic carbocycles. The highest BCUT2D eigenvalue weighted by Gasteiger charge is 2.40. The van der Waals surface area contributed by atoms with Crippen LogP contribution in [0.4, 0.5) is 10.5 Å². The second-order valence-electron chi connectivity index (χ2n) is 4.76. The van der Waals surface area contributed by atoms with Crippen molar-refractivity contribution in [1.82, 2.24) is 5.32 Å². The SMILES string of the molecule is CC(C)C1NC(=O)N(c2ccc(C(N)=O)cc2)C1=O. The Morgan fingerprint density at radius 1 is 1.26 bits per heavy atom. The zero-order valence-electron chi connectivity index (χ0n) is 10.7. The number of rotatable bonds is 3. The van der Waals surface area contributed by atoms with E-state index < -0.39 is 18.0 Å². The molecular weight excluding hydrogens is 246 g/mol. The van der Waals surface area contributed by atoms with Gasteiger partial charge in [-0.3, -0.25) is 9.59 Å². The Kier molecular flexibility index (Phi) is 3.25. The summed E-state index contributed by atoms with van der Waals surface area (Å²) in [6.07, 6.45) is 0. The lowest BCUT2D eigenvalue weighted by Gasteiger charge is -2.14. The number of imide groups is 1. The molecule has 6 heteroatoms. The van der Waals surface area contributed by atoms with Gasteiger partial charge in [0.25, 0.3) is 5.91 Å². The van der Waals surface area contributed by atoms with E-state index in [1.165, 1.54) is 24.3 Å². The standard InChI is InChI=1S/C13H15N3O3/c1-7(2)10-12(18)16(13(19)15-10)9-5-3-8(4-6-9)11(14)17/h3-7,10H,1-2H3,(H2,14,17)(H,15,19). The second kappa shape index (κ2) is 4.72. The molecule has 1 heterocycles.